The summed E-state index contributed by atoms with van der Waals surface area (Å²) in [5, 5.41) is 6.22. The van der Waals surface area contributed by atoms with Crippen molar-refractivity contribution >= 4 is 35.9 Å². The molecule has 2 unspecified atom stereocenters. The van der Waals surface area contributed by atoms with Crippen molar-refractivity contribution in [2.24, 2.45) is 11.8 Å². The summed E-state index contributed by atoms with van der Waals surface area (Å²) in [6, 6.07) is 6.77. The third-order valence-corrected chi connectivity index (χ3v) is 12.0. The number of carbonyl (C=O) groups excluding carboxylic acids is 4. The number of ether oxygens (including phenoxy) is 6. The third kappa shape index (κ3) is 19.2. The van der Waals surface area contributed by atoms with E-state index in [9.17, 15) is 19.2 Å². The van der Waals surface area contributed by atoms with Gasteiger partial charge in [-0.1, -0.05) is 91.9 Å². The van der Waals surface area contributed by atoms with Crippen molar-refractivity contribution in [3.05, 3.63) is 46.5 Å². The maximum Gasteiger partial charge on any atom is 0.513 e. The Hall–Kier alpha value is -4.13. The molecule has 0 saturated carbocycles. The monoisotopic (exact) mass is 873 g/mol. The quantitative estimate of drug-likeness (QED) is 0.0411. The van der Waals surface area contributed by atoms with Gasteiger partial charge in [-0.15, -0.1) is 0 Å². The molecule has 2 rings (SSSR count). The minimum atomic E-state index is -0.856. The smallest absolute Gasteiger partial charge is 0.496 e. The number of hydrogen-bond acceptors (Lipinski definition) is 11. The van der Waals surface area contributed by atoms with E-state index in [1.165, 1.54) is 38.5 Å². The van der Waals surface area contributed by atoms with Gasteiger partial charge < -0.3 is 39.1 Å². The van der Waals surface area contributed by atoms with Crippen molar-refractivity contribution in [3.63, 3.8) is 0 Å². The first kappa shape index (κ1) is 53.0. The lowest BCUT2D eigenvalue weighted by Gasteiger charge is -2.21. The zero-order valence-corrected chi connectivity index (χ0v) is 39.3. The highest BCUT2D eigenvalue weighted by atomic mass is 32.2. The number of amides is 2. The van der Waals surface area contributed by atoms with Crippen molar-refractivity contribution in [3.8, 4) is 23.0 Å². The molecule has 13 heteroatoms. The lowest BCUT2D eigenvalue weighted by atomic mass is 9.98. The van der Waals surface area contributed by atoms with E-state index < -0.39 is 12.3 Å². The molecule has 0 spiro atoms. The van der Waals surface area contributed by atoms with Gasteiger partial charge in [0.2, 0.25) is 0 Å². The van der Waals surface area contributed by atoms with E-state index in [0.29, 0.717) is 60.4 Å². The second-order valence-corrected chi connectivity index (χ2v) is 16.4. The molecule has 2 amide bonds. The molecule has 2 aromatic carbocycles. The van der Waals surface area contributed by atoms with Crippen molar-refractivity contribution in [2.45, 2.75) is 144 Å². The van der Waals surface area contributed by atoms with Crippen LogP contribution in [0.25, 0.3) is 0 Å². The van der Waals surface area contributed by atoms with Crippen molar-refractivity contribution in [1.29, 1.82) is 0 Å². The summed E-state index contributed by atoms with van der Waals surface area (Å²) < 4.78 is 32.4. The summed E-state index contributed by atoms with van der Waals surface area (Å²) in [7, 11) is 3.11. The number of benzene rings is 2. The fourth-order valence-corrected chi connectivity index (χ4v) is 8.81. The molecule has 0 saturated heterocycles. The molecular weight excluding hydrogens is 797 g/mol. The molecule has 344 valence electrons. The molecule has 0 bridgehead atoms. The number of methoxy groups -OCH3 is 2. The van der Waals surface area contributed by atoms with Gasteiger partial charge in [0, 0.05) is 24.2 Å². The molecule has 61 heavy (non-hydrogen) atoms. The van der Waals surface area contributed by atoms with Gasteiger partial charge in [-0.2, -0.15) is 11.8 Å². The Bertz CT molecular complexity index is 1490. The van der Waals surface area contributed by atoms with Gasteiger partial charge in [0.1, 0.15) is 11.5 Å². The Labute approximate surface area is 370 Å². The Morgan fingerprint density at radius 2 is 0.951 bits per heavy atom. The largest absolute Gasteiger partial charge is 0.513 e. The normalized spacial score (nSPS) is 11.9. The summed E-state index contributed by atoms with van der Waals surface area (Å²) >= 11 is 1.96. The fourth-order valence-electron chi connectivity index (χ4n) is 7.34. The second-order valence-electron chi connectivity index (χ2n) is 15.4. The summed E-state index contributed by atoms with van der Waals surface area (Å²) in [6.45, 7) is 13.2. The number of unbranched alkanes of at least 4 members (excludes halogenated alkanes) is 6. The van der Waals surface area contributed by atoms with Crippen LogP contribution in [0.4, 0.5) is 9.59 Å². The molecule has 2 atom stereocenters. The highest BCUT2D eigenvalue weighted by Crippen LogP contribution is 2.36. The molecule has 0 aliphatic rings. The number of carbonyl (C=O) groups is 4. The molecule has 0 aliphatic heterocycles. The minimum absolute atomic E-state index is 0.155. The molecule has 2 aromatic rings. The topological polar surface area (TPSA) is 148 Å². The Morgan fingerprint density at radius 3 is 1.30 bits per heavy atom. The van der Waals surface area contributed by atoms with E-state index in [2.05, 4.69) is 24.5 Å². The number of nitrogens with one attached hydrogen (secondary N) is 2. The van der Waals surface area contributed by atoms with Gasteiger partial charge in [-0.25, -0.2) is 9.59 Å². The SMILES string of the molecule is CCCCCCC(CCNC(=O)c1ccc(OC)c(CCC)c1OC(=O)OCC)CSCC(CCCCCC)CCNC(=O)c1ccc(OC)c(CCC)c1OC(=O)OCC. The van der Waals surface area contributed by atoms with Crippen LogP contribution >= 0.6 is 11.8 Å². The molecule has 2 N–H and O–H groups in total. The molecule has 0 heterocycles. The fraction of sp³-hybridized carbons (Fsp3) is 0.667. The maximum absolute atomic E-state index is 13.6. The van der Waals surface area contributed by atoms with Gasteiger partial charge in [0.05, 0.1) is 38.6 Å². The van der Waals surface area contributed by atoms with Crippen molar-refractivity contribution in [1.82, 2.24) is 10.6 Å². The maximum atomic E-state index is 13.6. The zero-order valence-electron chi connectivity index (χ0n) is 38.5. The van der Waals surface area contributed by atoms with Crippen LogP contribution in [0.5, 0.6) is 23.0 Å². The predicted octanol–water partition coefficient (Wildman–Crippen LogP) is 11.5. The Morgan fingerprint density at radius 1 is 0.541 bits per heavy atom. The molecular formula is C48H76N2O10S. The van der Waals surface area contributed by atoms with E-state index >= 15 is 0 Å². The molecule has 0 aliphatic carbocycles. The lowest BCUT2D eigenvalue weighted by Crippen LogP contribution is -2.28. The average Bonchev–Trinajstić information content (AvgIpc) is 3.24. The lowest BCUT2D eigenvalue weighted by molar-refractivity contribution is 0.0920. The van der Waals surface area contributed by atoms with E-state index in [1.54, 1.807) is 52.3 Å². The van der Waals surface area contributed by atoms with Crippen LogP contribution in [0.3, 0.4) is 0 Å². The van der Waals surface area contributed by atoms with Crippen LogP contribution in [-0.2, 0) is 22.3 Å². The van der Waals surface area contributed by atoms with E-state index in [0.717, 1.165) is 62.9 Å². The summed E-state index contributed by atoms with van der Waals surface area (Å²) in [5.41, 5.74) is 1.88. The van der Waals surface area contributed by atoms with Gasteiger partial charge in [-0.05, 0) is 100.0 Å². The van der Waals surface area contributed by atoms with E-state index in [4.69, 9.17) is 28.4 Å². The number of hydrogen-bond donors (Lipinski definition) is 2. The van der Waals surface area contributed by atoms with Crippen LogP contribution in [0.2, 0.25) is 0 Å². The molecule has 0 radical (unpaired) electrons. The van der Waals surface area contributed by atoms with E-state index in [1.807, 2.05) is 25.6 Å². The molecule has 12 nitrogen and oxygen atoms in total. The molecule has 0 fully saturated rings. The van der Waals surface area contributed by atoms with E-state index in [-0.39, 0.29) is 47.7 Å². The zero-order chi connectivity index (χ0) is 44.8. The van der Waals surface area contributed by atoms with Gasteiger partial charge in [0.15, 0.2) is 11.5 Å². The summed E-state index contributed by atoms with van der Waals surface area (Å²) in [5.74, 6) is 3.64. The minimum Gasteiger partial charge on any atom is -0.496 e. The summed E-state index contributed by atoms with van der Waals surface area (Å²) in [6.07, 6.45) is 14.2. The average molecular weight is 873 g/mol. The first-order chi connectivity index (χ1) is 29.6. The predicted molar refractivity (Wildman–Crippen MR) is 245 cm³/mol. The van der Waals surface area contributed by atoms with Crippen LogP contribution in [0, 0.1) is 11.8 Å². The van der Waals surface area contributed by atoms with Gasteiger partial charge in [-0.3, -0.25) is 9.59 Å². The number of rotatable bonds is 32. The first-order valence-corrected chi connectivity index (χ1v) is 24.0. The first-order valence-electron chi connectivity index (χ1n) is 22.8. The highest BCUT2D eigenvalue weighted by Gasteiger charge is 2.25. The van der Waals surface area contributed by atoms with Crippen LogP contribution in [0.15, 0.2) is 24.3 Å². The molecule has 0 aromatic heterocycles. The van der Waals surface area contributed by atoms with Gasteiger partial charge in [0.25, 0.3) is 11.8 Å². The number of thioether (sulfide) groups is 1. The third-order valence-electron chi connectivity index (χ3n) is 10.6. The van der Waals surface area contributed by atoms with Crippen molar-refractivity contribution < 1.29 is 47.6 Å². The standard InChI is InChI=1S/C48H76N2O10S/c1-9-15-17-19-23-35(29-31-49-45(51)39-25-27-41(55-7)37(21-11-3)43(39)59-47(53)57-13-5)33-61-34-36(24-20-18-16-10-2)30-32-50-46(52)40-26-28-42(56-8)38(22-12-4)44(40)60-48(54)58-14-6/h25-28,35-36H,9-24,29-34H2,1-8H3,(H,49,51)(H,50,52). The van der Waals surface area contributed by atoms with Crippen LogP contribution < -0.4 is 29.6 Å². The highest BCUT2D eigenvalue weighted by molar-refractivity contribution is 7.99. The Kier molecular flexibility index (Phi) is 27.5. The summed E-state index contributed by atoms with van der Waals surface area (Å²) in [4.78, 5) is 52.2. The second kappa shape index (κ2) is 31.7. The Balaban J connectivity index is 2.16. The van der Waals surface area contributed by atoms with Crippen molar-refractivity contribution in [2.75, 3.05) is 52.0 Å². The van der Waals surface area contributed by atoms with Gasteiger partial charge >= 0.3 is 12.3 Å². The van der Waals surface area contributed by atoms with Crippen LogP contribution in [0.1, 0.15) is 163 Å². The van der Waals surface area contributed by atoms with Crippen LogP contribution in [-0.4, -0.2) is 76.2 Å².